The normalized spacial score (nSPS) is 11.3. The third-order valence-corrected chi connectivity index (χ3v) is 5.34. The number of aryl methyl sites for hydroxylation is 1. The topological polar surface area (TPSA) is 57.2 Å². The van der Waals surface area contributed by atoms with E-state index in [1.807, 2.05) is 13.0 Å². The minimum Gasteiger partial charge on any atom is -0.744 e. The van der Waals surface area contributed by atoms with E-state index in [-0.39, 0.29) is 34.5 Å². The van der Waals surface area contributed by atoms with Gasteiger partial charge in [-0.3, -0.25) is 0 Å². The van der Waals surface area contributed by atoms with Gasteiger partial charge in [0.05, 0.1) is 4.90 Å². The van der Waals surface area contributed by atoms with Crippen LogP contribution in [0, 0.1) is 6.92 Å². The van der Waals surface area contributed by atoms with Crippen molar-refractivity contribution in [2.24, 2.45) is 0 Å². The molecule has 0 aliphatic heterocycles. The molecule has 0 fully saturated rings. The number of rotatable bonds is 12. The Balaban J connectivity index is 0.00000529. The third-order valence-electron chi connectivity index (χ3n) is 4.42. The van der Waals surface area contributed by atoms with Gasteiger partial charge in [0.25, 0.3) is 0 Å². The first-order chi connectivity index (χ1) is 11.0. The van der Waals surface area contributed by atoms with Gasteiger partial charge >= 0.3 is 29.6 Å². The van der Waals surface area contributed by atoms with Gasteiger partial charge in [-0.05, 0) is 37.0 Å². The summed E-state index contributed by atoms with van der Waals surface area (Å²) in [4.78, 5) is -0.0339. The van der Waals surface area contributed by atoms with Crippen molar-refractivity contribution in [2.75, 3.05) is 0 Å². The molecule has 1 aromatic rings. The van der Waals surface area contributed by atoms with E-state index in [0.717, 1.165) is 18.4 Å². The molecule has 3 nitrogen and oxygen atoms in total. The molecular formula is C19H31NaO3S. The molecule has 0 heterocycles. The maximum absolute atomic E-state index is 11.3. The second kappa shape index (κ2) is 13.3. The molecule has 0 N–H and O–H groups in total. The molecule has 5 heteroatoms. The van der Waals surface area contributed by atoms with Gasteiger partial charge in [-0.1, -0.05) is 76.8 Å². The second-order valence-corrected chi connectivity index (χ2v) is 7.79. The average molecular weight is 363 g/mol. The standard InChI is InChI=1S/C19H32O3S.Na/c1-3-4-5-6-7-8-9-10-11-12-15-18-17(2)14-13-16-19(18)23(20,21)22;/h13-14,16H,3-12,15H2,1-2H3,(H,20,21,22);/q;+1/p-1. The Morgan fingerprint density at radius 2 is 1.38 bits per heavy atom. The Kier molecular flexibility index (Phi) is 13.4. The molecule has 0 aromatic heterocycles. The summed E-state index contributed by atoms with van der Waals surface area (Å²) in [5, 5.41) is 0. The average Bonchev–Trinajstić information content (AvgIpc) is 2.49. The van der Waals surface area contributed by atoms with E-state index in [2.05, 4.69) is 6.92 Å². The van der Waals surface area contributed by atoms with Gasteiger partial charge in [-0.15, -0.1) is 0 Å². The molecule has 0 aliphatic carbocycles. The predicted octanol–water partition coefficient (Wildman–Crippen LogP) is 2.37. The molecule has 132 valence electrons. The zero-order valence-corrected chi connectivity index (χ0v) is 18.5. The predicted molar refractivity (Wildman–Crippen MR) is 94.7 cm³/mol. The fraction of sp³-hybridized carbons (Fsp3) is 0.684. The van der Waals surface area contributed by atoms with Crippen LogP contribution < -0.4 is 29.6 Å². The van der Waals surface area contributed by atoms with E-state index >= 15 is 0 Å². The van der Waals surface area contributed by atoms with Crippen LogP contribution in [0.1, 0.15) is 82.3 Å². The maximum Gasteiger partial charge on any atom is 1.00 e. The van der Waals surface area contributed by atoms with E-state index in [1.54, 1.807) is 6.07 Å². The molecule has 0 amide bonds. The quantitative estimate of drug-likeness (QED) is 0.326. The van der Waals surface area contributed by atoms with Gasteiger partial charge in [-0.2, -0.15) is 0 Å². The first-order valence-electron chi connectivity index (χ1n) is 9.01. The van der Waals surface area contributed by atoms with Crippen LogP contribution in [0.4, 0.5) is 0 Å². The van der Waals surface area contributed by atoms with E-state index in [9.17, 15) is 13.0 Å². The summed E-state index contributed by atoms with van der Waals surface area (Å²) in [6, 6.07) is 4.95. The minimum absolute atomic E-state index is 0. The summed E-state index contributed by atoms with van der Waals surface area (Å²) in [6.07, 6.45) is 13.2. The number of hydrogen-bond donors (Lipinski definition) is 0. The third kappa shape index (κ3) is 9.57. The maximum atomic E-state index is 11.3. The Labute approximate surface area is 170 Å². The van der Waals surface area contributed by atoms with E-state index in [1.165, 1.54) is 57.4 Å². The SMILES string of the molecule is CCCCCCCCCCCCc1c(C)cccc1S(=O)(=O)[O-].[Na+]. The van der Waals surface area contributed by atoms with Crippen molar-refractivity contribution in [3.63, 3.8) is 0 Å². The summed E-state index contributed by atoms with van der Waals surface area (Å²) >= 11 is 0. The second-order valence-electron chi connectivity index (χ2n) is 6.44. The molecule has 0 atom stereocenters. The zero-order chi connectivity index (χ0) is 17.1. The van der Waals surface area contributed by atoms with E-state index in [0.29, 0.717) is 12.0 Å². The molecular weight excluding hydrogens is 331 g/mol. The molecule has 0 saturated carbocycles. The molecule has 0 aliphatic rings. The van der Waals surface area contributed by atoms with Gasteiger partial charge in [0.15, 0.2) is 0 Å². The van der Waals surface area contributed by atoms with Crippen molar-refractivity contribution in [3.05, 3.63) is 29.3 Å². The molecule has 0 bridgehead atoms. The van der Waals surface area contributed by atoms with Crippen molar-refractivity contribution in [1.82, 2.24) is 0 Å². The Morgan fingerprint density at radius 1 is 0.875 bits per heavy atom. The first-order valence-corrected chi connectivity index (χ1v) is 10.4. The Morgan fingerprint density at radius 3 is 1.88 bits per heavy atom. The van der Waals surface area contributed by atoms with Gasteiger partial charge in [-0.25, -0.2) is 8.42 Å². The van der Waals surface area contributed by atoms with Gasteiger partial charge in [0.2, 0.25) is 0 Å². The van der Waals surface area contributed by atoms with E-state index < -0.39 is 10.1 Å². The zero-order valence-electron chi connectivity index (χ0n) is 15.6. The van der Waals surface area contributed by atoms with Crippen LogP contribution in [-0.4, -0.2) is 13.0 Å². The summed E-state index contributed by atoms with van der Waals surface area (Å²) in [7, 11) is -4.37. The number of hydrogen-bond acceptors (Lipinski definition) is 3. The summed E-state index contributed by atoms with van der Waals surface area (Å²) < 4.78 is 34.0. The van der Waals surface area contributed by atoms with Crippen LogP contribution in [0.25, 0.3) is 0 Å². The van der Waals surface area contributed by atoms with E-state index in [4.69, 9.17) is 0 Å². The molecule has 24 heavy (non-hydrogen) atoms. The summed E-state index contributed by atoms with van der Waals surface area (Å²) in [5.74, 6) is 0. The van der Waals surface area contributed by atoms with Gasteiger partial charge in [0.1, 0.15) is 10.1 Å². The van der Waals surface area contributed by atoms with Crippen LogP contribution >= 0.6 is 0 Å². The van der Waals surface area contributed by atoms with Crippen LogP contribution in [-0.2, 0) is 16.5 Å². The minimum atomic E-state index is -4.37. The Bertz CT molecular complexity index is 556. The van der Waals surface area contributed by atoms with Crippen molar-refractivity contribution in [3.8, 4) is 0 Å². The molecule has 1 aromatic carbocycles. The Hall–Kier alpha value is 0.130. The molecule has 1 rings (SSSR count). The summed E-state index contributed by atoms with van der Waals surface area (Å²) in [6.45, 7) is 4.11. The smallest absolute Gasteiger partial charge is 0.744 e. The fourth-order valence-electron chi connectivity index (χ4n) is 3.02. The summed E-state index contributed by atoms with van der Waals surface area (Å²) in [5.41, 5.74) is 1.61. The number of unbranched alkanes of at least 4 members (excludes halogenated alkanes) is 9. The molecule has 0 unspecified atom stereocenters. The van der Waals surface area contributed by atoms with Crippen molar-refractivity contribution >= 4 is 10.1 Å². The first kappa shape index (κ1) is 24.1. The van der Waals surface area contributed by atoms with Crippen molar-refractivity contribution in [1.29, 1.82) is 0 Å². The van der Waals surface area contributed by atoms with Gasteiger partial charge in [0, 0.05) is 0 Å². The van der Waals surface area contributed by atoms with Crippen LogP contribution in [0.15, 0.2) is 23.1 Å². The number of benzene rings is 1. The van der Waals surface area contributed by atoms with Crippen molar-refractivity contribution in [2.45, 2.75) is 89.4 Å². The van der Waals surface area contributed by atoms with Crippen LogP contribution in [0.3, 0.4) is 0 Å². The fourth-order valence-corrected chi connectivity index (χ4v) is 3.83. The van der Waals surface area contributed by atoms with Crippen molar-refractivity contribution < 1.29 is 42.5 Å². The van der Waals surface area contributed by atoms with Crippen LogP contribution in [0.5, 0.6) is 0 Å². The monoisotopic (exact) mass is 362 g/mol. The van der Waals surface area contributed by atoms with Gasteiger partial charge < -0.3 is 4.55 Å². The molecule has 0 radical (unpaired) electrons. The largest absolute Gasteiger partial charge is 1.00 e. The van der Waals surface area contributed by atoms with Crippen LogP contribution in [0.2, 0.25) is 0 Å². The molecule has 0 saturated heterocycles. The molecule has 0 spiro atoms.